The van der Waals surface area contributed by atoms with E-state index in [1.165, 1.54) is 0 Å². The number of nitrogens with zero attached hydrogens (tertiary/aromatic N) is 2. The average molecular weight is 257 g/mol. The average Bonchev–Trinajstić information content (AvgIpc) is 2.80. The van der Waals surface area contributed by atoms with E-state index in [9.17, 15) is 0 Å². The molecule has 17 heavy (non-hydrogen) atoms. The molecular formula is C12H23N3OS. The van der Waals surface area contributed by atoms with Gasteiger partial charge in [-0.3, -0.25) is 0 Å². The van der Waals surface area contributed by atoms with Gasteiger partial charge in [0.15, 0.2) is 0 Å². The monoisotopic (exact) mass is 257 g/mol. The lowest BCUT2D eigenvalue weighted by Crippen LogP contribution is -2.19. The number of nitrogens with one attached hydrogen (secondary N) is 1. The Bertz CT molecular complexity index is 304. The van der Waals surface area contributed by atoms with Crippen LogP contribution in [0.1, 0.15) is 49.7 Å². The molecular weight excluding hydrogens is 234 g/mol. The summed E-state index contributed by atoms with van der Waals surface area (Å²) >= 11 is 1.72. The maximum absolute atomic E-state index is 5.31. The zero-order valence-corrected chi connectivity index (χ0v) is 11.8. The van der Waals surface area contributed by atoms with Crippen molar-refractivity contribution in [3.8, 4) is 0 Å². The van der Waals surface area contributed by atoms with E-state index in [1.54, 1.807) is 11.3 Å². The van der Waals surface area contributed by atoms with Gasteiger partial charge in [0.05, 0.1) is 6.04 Å². The minimum absolute atomic E-state index is 0.359. The van der Waals surface area contributed by atoms with E-state index < -0.39 is 0 Å². The van der Waals surface area contributed by atoms with E-state index in [2.05, 4.69) is 29.4 Å². The fraction of sp³-hybridized carbons (Fsp3) is 0.833. The van der Waals surface area contributed by atoms with Crippen LogP contribution >= 0.6 is 11.3 Å². The van der Waals surface area contributed by atoms with Crippen molar-refractivity contribution in [2.45, 2.75) is 46.1 Å². The van der Waals surface area contributed by atoms with Crippen LogP contribution in [-0.4, -0.2) is 30.0 Å². The molecule has 0 spiro atoms. The van der Waals surface area contributed by atoms with E-state index in [0.29, 0.717) is 6.04 Å². The van der Waals surface area contributed by atoms with Gasteiger partial charge in [-0.1, -0.05) is 25.2 Å². The van der Waals surface area contributed by atoms with Crippen molar-refractivity contribution in [1.82, 2.24) is 15.5 Å². The lowest BCUT2D eigenvalue weighted by molar-refractivity contribution is 0.145. The van der Waals surface area contributed by atoms with Crippen molar-refractivity contribution in [2.75, 3.05) is 19.8 Å². The standard InChI is InChI=1S/C12H23N3OS/c1-4-10(13-5-2)12-15-14-11(17-12)8-7-9-16-6-3/h10,13H,4-9H2,1-3H3. The maximum Gasteiger partial charge on any atom is 0.134 e. The molecule has 0 saturated carbocycles. The molecule has 1 heterocycles. The molecule has 4 nitrogen and oxygen atoms in total. The summed E-state index contributed by atoms with van der Waals surface area (Å²) in [6.45, 7) is 8.88. The van der Waals surface area contributed by atoms with E-state index in [0.717, 1.165) is 49.0 Å². The molecule has 5 heteroatoms. The molecule has 0 bridgehead atoms. The molecule has 98 valence electrons. The molecule has 0 aliphatic rings. The minimum Gasteiger partial charge on any atom is -0.382 e. The van der Waals surface area contributed by atoms with Crippen LogP contribution in [0.5, 0.6) is 0 Å². The van der Waals surface area contributed by atoms with Gasteiger partial charge in [-0.15, -0.1) is 10.2 Å². The first-order valence-corrected chi connectivity index (χ1v) is 7.26. The molecule has 0 aliphatic carbocycles. The normalized spacial score (nSPS) is 12.9. The third-order valence-electron chi connectivity index (χ3n) is 2.52. The summed E-state index contributed by atoms with van der Waals surface area (Å²) in [6.07, 6.45) is 3.06. The van der Waals surface area contributed by atoms with Gasteiger partial charge < -0.3 is 10.1 Å². The van der Waals surface area contributed by atoms with Crippen molar-refractivity contribution in [3.05, 3.63) is 10.0 Å². The Morgan fingerprint density at radius 2 is 2.12 bits per heavy atom. The van der Waals surface area contributed by atoms with E-state index in [-0.39, 0.29) is 0 Å². The molecule has 0 saturated heterocycles. The number of hydrogen-bond acceptors (Lipinski definition) is 5. The SMILES string of the molecule is CCNC(CC)c1nnc(CCCOCC)s1. The van der Waals surface area contributed by atoms with Crippen LogP contribution in [0.25, 0.3) is 0 Å². The largest absolute Gasteiger partial charge is 0.382 e. The van der Waals surface area contributed by atoms with Crippen molar-refractivity contribution < 1.29 is 4.74 Å². The van der Waals surface area contributed by atoms with E-state index in [4.69, 9.17) is 4.74 Å². The summed E-state index contributed by atoms with van der Waals surface area (Å²) in [6, 6.07) is 0.359. The predicted octanol–water partition coefficient (Wildman–Crippen LogP) is 2.57. The Hall–Kier alpha value is -0.520. The van der Waals surface area contributed by atoms with Gasteiger partial charge in [0.25, 0.3) is 0 Å². The highest BCUT2D eigenvalue weighted by molar-refractivity contribution is 7.11. The van der Waals surface area contributed by atoms with Crippen LogP contribution in [-0.2, 0) is 11.2 Å². The molecule has 0 fully saturated rings. The molecule has 1 aromatic rings. The maximum atomic E-state index is 5.31. The lowest BCUT2D eigenvalue weighted by Gasteiger charge is -2.10. The number of rotatable bonds is 9. The predicted molar refractivity (Wildman–Crippen MR) is 71.4 cm³/mol. The molecule has 0 amide bonds. The Morgan fingerprint density at radius 1 is 1.29 bits per heavy atom. The van der Waals surface area contributed by atoms with E-state index >= 15 is 0 Å². The first-order valence-electron chi connectivity index (χ1n) is 6.45. The van der Waals surface area contributed by atoms with Gasteiger partial charge in [0.1, 0.15) is 10.0 Å². The van der Waals surface area contributed by atoms with Crippen molar-refractivity contribution in [3.63, 3.8) is 0 Å². The van der Waals surface area contributed by atoms with Crippen molar-refractivity contribution in [1.29, 1.82) is 0 Å². The number of aryl methyl sites for hydroxylation is 1. The summed E-state index contributed by atoms with van der Waals surface area (Å²) in [4.78, 5) is 0. The summed E-state index contributed by atoms with van der Waals surface area (Å²) < 4.78 is 5.31. The Morgan fingerprint density at radius 3 is 2.76 bits per heavy atom. The summed E-state index contributed by atoms with van der Waals surface area (Å²) in [5, 5.41) is 14.2. The summed E-state index contributed by atoms with van der Waals surface area (Å²) in [5.74, 6) is 0. The van der Waals surface area contributed by atoms with E-state index in [1.807, 2.05) is 6.92 Å². The first-order chi connectivity index (χ1) is 8.31. The molecule has 1 aromatic heterocycles. The fourth-order valence-electron chi connectivity index (χ4n) is 1.63. The number of aromatic nitrogens is 2. The van der Waals surface area contributed by atoms with Crippen LogP contribution in [0.4, 0.5) is 0 Å². The highest BCUT2D eigenvalue weighted by atomic mass is 32.1. The molecule has 1 unspecified atom stereocenters. The van der Waals surface area contributed by atoms with Crippen LogP contribution in [0.3, 0.4) is 0 Å². The van der Waals surface area contributed by atoms with Crippen molar-refractivity contribution in [2.24, 2.45) is 0 Å². The molecule has 1 rings (SSSR count). The third kappa shape index (κ3) is 5.10. The smallest absolute Gasteiger partial charge is 0.134 e. The van der Waals surface area contributed by atoms with Gasteiger partial charge in [-0.25, -0.2) is 0 Å². The Kier molecular flexibility index (Phi) is 7.32. The minimum atomic E-state index is 0.359. The van der Waals surface area contributed by atoms with Crippen LogP contribution in [0.2, 0.25) is 0 Å². The van der Waals surface area contributed by atoms with Crippen LogP contribution in [0, 0.1) is 0 Å². The van der Waals surface area contributed by atoms with Crippen molar-refractivity contribution >= 4 is 11.3 Å². The fourth-order valence-corrected chi connectivity index (χ4v) is 2.67. The third-order valence-corrected chi connectivity index (χ3v) is 3.62. The van der Waals surface area contributed by atoms with Gasteiger partial charge in [-0.2, -0.15) is 0 Å². The molecule has 1 N–H and O–H groups in total. The Labute approximate surface area is 108 Å². The Balaban J connectivity index is 2.40. The second-order valence-electron chi connectivity index (χ2n) is 3.85. The molecule has 0 radical (unpaired) electrons. The zero-order chi connectivity index (χ0) is 12.5. The van der Waals surface area contributed by atoms with Gasteiger partial charge >= 0.3 is 0 Å². The zero-order valence-electron chi connectivity index (χ0n) is 11.0. The van der Waals surface area contributed by atoms with Gasteiger partial charge in [-0.05, 0) is 26.3 Å². The number of hydrogen-bond donors (Lipinski definition) is 1. The first kappa shape index (κ1) is 14.5. The molecule has 0 aliphatic heterocycles. The summed E-state index contributed by atoms with van der Waals surface area (Å²) in [5.41, 5.74) is 0. The quantitative estimate of drug-likeness (QED) is 0.691. The summed E-state index contributed by atoms with van der Waals surface area (Å²) in [7, 11) is 0. The highest BCUT2D eigenvalue weighted by Crippen LogP contribution is 2.21. The lowest BCUT2D eigenvalue weighted by atomic mass is 10.2. The number of ether oxygens (including phenoxy) is 1. The van der Waals surface area contributed by atoms with Gasteiger partial charge in [0, 0.05) is 19.6 Å². The highest BCUT2D eigenvalue weighted by Gasteiger charge is 2.13. The molecule has 0 aromatic carbocycles. The van der Waals surface area contributed by atoms with Crippen LogP contribution in [0.15, 0.2) is 0 Å². The van der Waals surface area contributed by atoms with Crippen LogP contribution < -0.4 is 5.32 Å². The topological polar surface area (TPSA) is 47.0 Å². The van der Waals surface area contributed by atoms with Gasteiger partial charge in [0.2, 0.25) is 0 Å². The second-order valence-corrected chi connectivity index (χ2v) is 4.95. The second kappa shape index (κ2) is 8.55. The molecule has 1 atom stereocenters.